The van der Waals surface area contributed by atoms with Crippen molar-refractivity contribution in [3.8, 4) is 5.75 Å². The molecule has 0 bridgehead atoms. The van der Waals surface area contributed by atoms with E-state index in [-0.39, 0.29) is 11.8 Å². The SMILES string of the molecule is Cc1cc(OCC2CCN(C(=O)C3CCN(S(C)(=O)=O)CC3)CC2)ccn1. The number of amides is 1. The van der Waals surface area contributed by atoms with Gasteiger partial charge in [-0.25, -0.2) is 12.7 Å². The second-order valence-corrected chi connectivity index (χ2v) is 9.63. The molecule has 0 atom stereocenters. The van der Waals surface area contributed by atoms with Crippen molar-refractivity contribution in [2.75, 3.05) is 39.0 Å². The van der Waals surface area contributed by atoms with E-state index in [2.05, 4.69) is 4.98 Å². The van der Waals surface area contributed by atoms with Crippen LogP contribution in [0.25, 0.3) is 0 Å². The molecule has 2 fully saturated rings. The molecule has 1 aromatic rings. The highest BCUT2D eigenvalue weighted by Gasteiger charge is 2.33. The highest BCUT2D eigenvalue weighted by Crippen LogP contribution is 2.25. The van der Waals surface area contributed by atoms with Gasteiger partial charge in [0, 0.05) is 50.1 Å². The molecule has 8 heteroatoms. The summed E-state index contributed by atoms with van der Waals surface area (Å²) >= 11 is 0. The van der Waals surface area contributed by atoms with Crippen LogP contribution in [0.2, 0.25) is 0 Å². The van der Waals surface area contributed by atoms with Crippen molar-refractivity contribution in [3.63, 3.8) is 0 Å². The maximum atomic E-state index is 12.8. The minimum absolute atomic E-state index is 0.0457. The van der Waals surface area contributed by atoms with Gasteiger partial charge in [-0.05, 0) is 44.6 Å². The number of aryl methyl sites for hydroxylation is 1. The number of piperidine rings is 2. The molecule has 1 aromatic heterocycles. The number of likely N-dealkylation sites (tertiary alicyclic amines) is 1. The van der Waals surface area contributed by atoms with Crippen molar-refractivity contribution in [1.29, 1.82) is 0 Å². The molecule has 0 radical (unpaired) electrons. The summed E-state index contributed by atoms with van der Waals surface area (Å²) in [6, 6.07) is 3.80. The molecule has 27 heavy (non-hydrogen) atoms. The van der Waals surface area contributed by atoms with Crippen LogP contribution in [0.4, 0.5) is 0 Å². The predicted molar refractivity (Wildman–Crippen MR) is 103 cm³/mol. The van der Waals surface area contributed by atoms with Gasteiger partial charge in [0.25, 0.3) is 0 Å². The fourth-order valence-electron chi connectivity index (χ4n) is 3.84. The molecule has 0 aromatic carbocycles. The maximum absolute atomic E-state index is 12.8. The minimum atomic E-state index is -3.15. The molecule has 7 nitrogen and oxygen atoms in total. The second kappa shape index (κ2) is 8.56. The molecule has 2 aliphatic heterocycles. The van der Waals surface area contributed by atoms with Gasteiger partial charge in [0.15, 0.2) is 0 Å². The van der Waals surface area contributed by atoms with Gasteiger partial charge in [-0.3, -0.25) is 9.78 Å². The highest BCUT2D eigenvalue weighted by molar-refractivity contribution is 7.88. The molecule has 2 aliphatic rings. The van der Waals surface area contributed by atoms with Crippen LogP contribution < -0.4 is 4.74 Å². The van der Waals surface area contributed by atoms with E-state index in [0.717, 1.165) is 37.4 Å². The van der Waals surface area contributed by atoms with Crippen molar-refractivity contribution >= 4 is 15.9 Å². The average Bonchev–Trinajstić information content (AvgIpc) is 2.66. The Bertz CT molecular complexity index is 752. The number of hydrogen-bond acceptors (Lipinski definition) is 5. The van der Waals surface area contributed by atoms with E-state index in [1.807, 2.05) is 24.0 Å². The molecule has 2 saturated heterocycles. The van der Waals surface area contributed by atoms with E-state index in [1.54, 1.807) is 6.20 Å². The van der Waals surface area contributed by atoms with E-state index < -0.39 is 10.0 Å². The van der Waals surface area contributed by atoms with Crippen LogP contribution in [0.15, 0.2) is 18.3 Å². The standard InChI is InChI=1S/C19H29N3O4S/c1-15-13-18(3-8-20-15)26-14-16-4-9-21(10-5-16)19(23)17-6-11-22(12-7-17)27(2,24)25/h3,8,13,16-17H,4-7,9-12,14H2,1-2H3. The first-order valence-corrected chi connectivity index (χ1v) is 11.5. The summed E-state index contributed by atoms with van der Waals surface area (Å²) in [5.74, 6) is 1.44. The zero-order valence-electron chi connectivity index (χ0n) is 16.1. The largest absolute Gasteiger partial charge is 0.493 e. The molecule has 3 heterocycles. The molecule has 0 saturated carbocycles. The van der Waals surface area contributed by atoms with Crippen LogP contribution in [0.3, 0.4) is 0 Å². The average molecular weight is 396 g/mol. The first-order chi connectivity index (χ1) is 12.8. The number of nitrogens with zero attached hydrogens (tertiary/aromatic N) is 3. The van der Waals surface area contributed by atoms with Gasteiger partial charge in [0.2, 0.25) is 15.9 Å². The lowest BCUT2D eigenvalue weighted by molar-refractivity contribution is -0.138. The minimum Gasteiger partial charge on any atom is -0.493 e. The van der Waals surface area contributed by atoms with E-state index in [0.29, 0.717) is 38.5 Å². The van der Waals surface area contributed by atoms with Crippen molar-refractivity contribution in [2.24, 2.45) is 11.8 Å². The molecule has 3 rings (SSSR count). The van der Waals surface area contributed by atoms with Crippen LogP contribution in [-0.2, 0) is 14.8 Å². The summed E-state index contributed by atoms with van der Waals surface area (Å²) in [7, 11) is -3.15. The van der Waals surface area contributed by atoms with E-state index in [4.69, 9.17) is 4.74 Å². The summed E-state index contributed by atoms with van der Waals surface area (Å²) in [6.45, 7) is 5.02. The van der Waals surface area contributed by atoms with Crippen LogP contribution in [0.5, 0.6) is 5.75 Å². The van der Waals surface area contributed by atoms with Gasteiger partial charge in [0.05, 0.1) is 12.9 Å². The zero-order valence-corrected chi connectivity index (χ0v) is 17.0. The van der Waals surface area contributed by atoms with Gasteiger partial charge < -0.3 is 9.64 Å². The van der Waals surface area contributed by atoms with Gasteiger partial charge >= 0.3 is 0 Å². The molecule has 0 unspecified atom stereocenters. The van der Waals surface area contributed by atoms with Crippen molar-refractivity contribution in [2.45, 2.75) is 32.6 Å². The number of hydrogen-bond donors (Lipinski definition) is 0. The third-order valence-electron chi connectivity index (χ3n) is 5.55. The predicted octanol–water partition coefficient (Wildman–Crippen LogP) is 1.68. The normalized spacial score (nSPS) is 20.6. The Kier molecular flexibility index (Phi) is 6.37. The Morgan fingerprint density at radius 3 is 2.44 bits per heavy atom. The number of sulfonamides is 1. The summed E-state index contributed by atoms with van der Waals surface area (Å²) in [4.78, 5) is 18.9. The highest BCUT2D eigenvalue weighted by atomic mass is 32.2. The topological polar surface area (TPSA) is 79.8 Å². The summed E-state index contributed by atoms with van der Waals surface area (Å²) in [5, 5.41) is 0. The fraction of sp³-hybridized carbons (Fsp3) is 0.684. The summed E-state index contributed by atoms with van der Waals surface area (Å²) in [6.07, 6.45) is 6.11. The molecular formula is C19H29N3O4S. The fourth-order valence-corrected chi connectivity index (χ4v) is 4.71. The van der Waals surface area contributed by atoms with Crippen molar-refractivity contribution in [1.82, 2.24) is 14.2 Å². The molecule has 0 aliphatic carbocycles. The molecule has 0 spiro atoms. The monoisotopic (exact) mass is 395 g/mol. The number of pyridine rings is 1. The number of carbonyl (C=O) groups is 1. The smallest absolute Gasteiger partial charge is 0.225 e. The summed E-state index contributed by atoms with van der Waals surface area (Å²) in [5.41, 5.74) is 0.940. The Morgan fingerprint density at radius 1 is 1.19 bits per heavy atom. The van der Waals surface area contributed by atoms with E-state index in [1.165, 1.54) is 10.6 Å². The Hall–Kier alpha value is -1.67. The number of carbonyl (C=O) groups excluding carboxylic acids is 1. The van der Waals surface area contributed by atoms with Crippen LogP contribution in [0, 0.1) is 18.8 Å². The van der Waals surface area contributed by atoms with Gasteiger partial charge in [0.1, 0.15) is 5.75 Å². The lowest BCUT2D eigenvalue weighted by atomic mass is 9.93. The first-order valence-electron chi connectivity index (χ1n) is 9.62. The zero-order chi connectivity index (χ0) is 19.4. The second-order valence-electron chi connectivity index (χ2n) is 7.65. The van der Waals surface area contributed by atoms with Gasteiger partial charge in [-0.15, -0.1) is 0 Å². The lowest BCUT2D eigenvalue weighted by Gasteiger charge is -2.36. The number of ether oxygens (including phenoxy) is 1. The third kappa shape index (κ3) is 5.42. The Morgan fingerprint density at radius 2 is 1.85 bits per heavy atom. The van der Waals surface area contributed by atoms with Crippen LogP contribution >= 0.6 is 0 Å². The van der Waals surface area contributed by atoms with E-state index >= 15 is 0 Å². The number of rotatable bonds is 5. The Labute approximate surface area is 161 Å². The molecular weight excluding hydrogens is 366 g/mol. The van der Waals surface area contributed by atoms with Crippen LogP contribution in [0.1, 0.15) is 31.4 Å². The van der Waals surface area contributed by atoms with Gasteiger partial charge in [-0.2, -0.15) is 0 Å². The van der Waals surface area contributed by atoms with Crippen molar-refractivity contribution < 1.29 is 17.9 Å². The first kappa shape index (κ1) is 20.1. The molecule has 1 amide bonds. The van der Waals surface area contributed by atoms with Crippen molar-refractivity contribution in [3.05, 3.63) is 24.0 Å². The summed E-state index contributed by atoms with van der Waals surface area (Å²) < 4.78 is 30.5. The lowest BCUT2D eigenvalue weighted by Crippen LogP contribution is -2.46. The molecule has 150 valence electrons. The van der Waals surface area contributed by atoms with Crippen LogP contribution in [-0.4, -0.2) is 67.6 Å². The maximum Gasteiger partial charge on any atom is 0.225 e. The van der Waals surface area contributed by atoms with E-state index in [9.17, 15) is 13.2 Å². The van der Waals surface area contributed by atoms with Gasteiger partial charge in [-0.1, -0.05) is 0 Å². The molecule has 0 N–H and O–H groups in total. The third-order valence-corrected chi connectivity index (χ3v) is 6.86. The number of aromatic nitrogens is 1. The quantitative estimate of drug-likeness (QED) is 0.758. The Balaban J connectivity index is 1.42.